The van der Waals surface area contributed by atoms with Crippen LogP contribution in [0.3, 0.4) is 0 Å². The number of fused-ring (bicyclic) bond motifs is 3. The molecular formula is C28H27F2NO4. The van der Waals surface area contributed by atoms with Crippen LogP contribution in [0.4, 0.5) is 8.78 Å². The molecule has 2 aliphatic carbocycles. The molecule has 35 heavy (non-hydrogen) atoms. The monoisotopic (exact) mass is 479 g/mol. The van der Waals surface area contributed by atoms with E-state index in [0.717, 1.165) is 24.0 Å². The molecule has 7 heteroatoms. The highest BCUT2D eigenvalue weighted by atomic mass is 19.1. The van der Waals surface area contributed by atoms with E-state index < -0.39 is 23.0 Å². The number of nitrogens with zero attached hydrogens (tertiary/aromatic N) is 1. The van der Waals surface area contributed by atoms with Crippen LogP contribution in [0, 0.1) is 24.5 Å². The molecule has 0 bridgehead atoms. The summed E-state index contributed by atoms with van der Waals surface area (Å²) in [4.78, 5) is 16.1. The minimum Gasteiger partial charge on any atom is -0.489 e. The highest BCUT2D eigenvalue weighted by Gasteiger charge is 2.65. The van der Waals surface area contributed by atoms with Gasteiger partial charge in [-0.25, -0.2) is 13.8 Å². The second kappa shape index (κ2) is 8.95. The van der Waals surface area contributed by atoms with Crippen molar-refractivity contribution in [3.8, 4) is 22.8 Å². The van der Waals surface area contributed by atoms with Crippen LogP contribution in [0.1, 0.15) is 48.6 Å². The first-order valence-electron chi connectivity index (χ1n) is 11.9. The minimum atomic E-state index is -0.791. The van der Waals surface area contributed by atoms with Gasteiger partial charge in [-0.15, -0.1) is 0 Å². The third-order valence-corrected chi connectivity index (χ3v) is 7.18. The Morgan fingerprint density at radius 2 is 1.94 bits per heavy atom. The summed E-state index contributed by atoms with van der Waals surface area (Å²) in [6.07, 6.45) is 3.28. The zero-order valence-electron chi connectivity index (χ0n) is 19.7. The van der Waals surface area contributed by atoms with Crippen molar-refractivity contribution in [1.82, 2.24) is 4.98 Å². The van der Waals surface area contributed by atoms with E-state index in [1.807, 2.05) is 0 Å². The third kappa shape index (κ3) is 4.03. The van der Waals surface area contributed by atoms with Crippen molar-refractivity contribution >= 4 is 5.97 Å². The summed E-state index contributed by atoms with van der Waals surface area (Å²) < 4.78 is 41.4. The lowest BCUT2D eigenvalue weighted by molar-refractivity contribution is -0.140. The Morgan fingerprint density at radius 3 is 2.69 bits per heavy atom. The normalized spacial score (nSPS) is 19.7. The summed E-state index contributed by atoms with van der Waals surface area (Å²) in [6.45, 7) is 4.11. The highest BCUT2D eigenvalue weighted by Crippen LogP contribution is 2.62. The van der Waals surface area contributed by atoms with Crippen molar-refractivity contribution < 1.29 is 28.2 Å². The lowest BCUT2D eigenvalue weighted by Gasteiger charge is -2.15. The number of hydrogen-bond donors (Lipinski definition) is 1. The Labute approximate surface area is 202 Å². The molecule has 5 rings (SSSR count). The van der Waals surface area contributed by atoms with E-state index in [9.17, 15) is 14.3 Å². The predicted molar refractivity (Wildman–Crippen MR) is 127 cm³/mol. The molecule has 1 saturated carbocycles. The number of aromatic nitrogens is 1. The standard InChI is InChI=1S/C28H27F2NO4/c1-3-4-11-34-25-10-7-20(16(2)31-25)21-6-9-24(29)22(26(21)30)15-35-19-5-8-23-17(13-19)12-18-14-28(18,23)27(32)33/h5-10,13,18H,3-4,11-12,14-15H2,1-2H3,(H,32,33). The number of hydrogen-bond acceptors (Lipinski definition) is 4. The van der Waals surface area contributed by atoms with E-state index in [4.69, 9.17) is 9.47 Å². The highest BCUT2D eigenvalue weighted by molar-refractivity contribution is 5.88. The van der Waals surface area contributed by atoms with Crippen LogP contribution in [-0.4, -0.2) is 22.7 Å². The molecule has 3 aromatic rings. The van der Waals surface area contributed by atoms with Crippen LogP contribution >= 0.6 is 0 Å². The second-order valence-electron chi connectivity index (χ2n) is 9.36. The molecule has 2 unspecified atom stereocenters. The topological polar surface area (TPSA) is 68.7 Å². The maximum atomic E-state index is 15.4. The maximum Gasteiger partial charge on any atom is 0.314 e. The quantitative estimate of drug-likeness (QED) is 0.382. The number of carboxylic acid groups (broad SMARTS) is 1. The van der Waals surface area contributed by atoms with E-state index in [1.54, 1.807) is 37.3 Å². The van der Waals surface area contributed by atoms with Crippen molar-refractivity contribution in [3.05, 3.63) is 76.5 Å². The molecule has 2 aromatic carbocycles. The van der Waals surface area contributed by atoms with Gasteiger partial charge in [0.15, 0.2) is 0 Å². The Balaban J connectivity index is 1.35. The lowest BCUT2D eigenvalue weighted by Crippen LogP contribution is -2.19. The van der Waals surface area contributed by atoms with E-state index in [-0.39, 0.29) is 23.7 Å². The maximum absolute atomic E-state index is 15.4. The number of unbranched alkanes of at least 4 members (excludes halogenated alkanes) is 1. The van der Waals surface area contributed by atoms with Crippen molar-refractivity contribution in [2.45, 2.75) is 51.6 Å². The number of rotatable bonds is 9. The minimum absolute atomic E-state index is 0.122. The van der Waals surface area contributed by atoms with E-state index in [1.165, 1.54) is 12.1 Å². The number of carboxylic acids is 1. The number of ether oxygens (including phenoxy) is 2. The van der Waals surface area contributed by atoms with Crippen molar-refractivity contribution in [2.75, 3.05) is 6.61 Å². The van der Waals surface area contributed by atoms with Gasteiger partial charge in [0.05, 0.1) is 17.6 Å². The Morgan fingerprint density at radius 1 is 1.14 bits per heavy atom. The molecule has 2 aliphatic rings. The SMILES string of the molecule is CCCCOc1ccc(-c2ccc(F)c(COc3ccc4c(c3)CC3CC43C(=O)O)c2F)c(C)n1. The van der Waals surface area contributed by atoms with Crippen molar-refractivity contribution in [3.63, 3.8) is 0 Å². The first-order valence-corrected chi connectivity index (χ1v) is 11.9. The van der Waals surface area contributed by atoms with Gasteiger partial charge in [0.1, 0.15) is 24.0 Å². The molecule has 0 amide bonds. The first-order chi connectivity index (χ1) is 16.8. The van der Waals surface area contributed by atoms with Gasteiger partial charge in [0.25, 0.3) is 0 Å². The van der Waals surface area contributed by atoms with Crippen LogP contribution in [0.25, 0.3) is 11.1 Å². The van der Waals surface area contributed by atoms with Gasteiger partial charge in [-0.05, 0) is 73.6 Å². The second-order valence-corrected chi connectivity index (χ2v) is 9.36. The molecule has 0 radical (unpaired) electrons. The van der Waals surface area contributed by atoms with Gasteiger partial charge < -0.3 is 14.6 Å². The average Bonchev–Trinajstić information content (AvgIpc) is 3.46. The largest absolute Gasteiger partial charge is 0.489 e. The Hall–Kier alpha value is -3.48. The van der Waals surface area contributed by atoms with Gasteiger partial charge in [-0.1, -0.05) is 19.4 Å². The zero-order valence-corrected chi connectivity index (χ0v) is 19.7. The molecular weight excluding hydrogens is 452 g/mol. The van der Waals surface area contributed by atoms with E-state index in [0.29, 0.717) is 42.3 Å². The van der Waals surface area contributed by atoms with Crippen LogP contribution in [0.2, 0.25) is 0 Å². The average molecular weight is 480 g/mol. The summed E-state index contributed by atoms with van der Waals surface area (Å²) in [5, 5.41) is 9.62. The number of halogens is 2. The van der Waals surface area contributed by atoms with Gasteiger partial charge in [0.2, 0.25) is 5.88 Å². The molecule has 0 aliphatic heterocycles. The molecule has 5 nitrogen and oxygen atoms in total. The number of benzene rings is 2. The third-order valence-electron chi connectivity index (χ3n) is 7.18. The summed E-state index contributed by atoms with van der Waals surface area (Å²) in [7, 11) is 0. The fraction of sp³-hybridized carbons (Fsp3) is 0.357. The molecule has 0 saturated heterocycles. The summed E-state index contributed by atoms with van der Waals surface area (Å²) in [6, 6.07) is 11.3. The molecule has 1 N–H and O–H groups in total. The number of carbonyl (C=O) groups is 1. The van der Waals surface area contributed by atoms with Crippen molar-refractivity contribution in [1.29, 1.82) is 0 Å². The van der Waals surface area contributed by atoms with Crippen LogP contribution in [0.15, 0.2) is 42.5 Å². The fourth-order valence-electron chi connectivity index (χ4n) is 5.13. The van der Waals surface area contributed by atoms with Gasteiger partial charge in [0, 0.05) is 22.9 Å². The van der Waals surface area contributed by atoms with Gasteiger partial charge in [-0.3, -0.25) is 4.79 Å². The summed E-state index contributed by atoms with van der Waals surface area (Å²) in [5.74, 6) is -1.12. The summed E-state index contributed by atoms with van der Waals surface area (Å²) >= 11 is 0. The first kappa shape index (κ1) is 23.3. The molecule has 1 heterocycles. The Bertz CT molecular complexity index is 1310. The smallest absolute Gasteiger partial charge is 0.314 e. The zero-order chi connectivity index (χ0) is 24.7. The molecule has 2 atom stereocenters. The number of pyridine rings is 1. The molecule has 1 fully saturated rings. The number of aliphatic carboxylic acids is 1. The van der Waals surface area contributed by atoms with Crippen LogP contribution < -0.4 is 9.47 Å². The van der Waals surface area contributed by atoms with Gasteiger partial charge >= 0.3 is 5.97 Å². The van der Waals surface area contributed by atoms with Gasteiger partial charge in [-0.2, -0.15) is 0 Å². The summed E-state index contributed by atoms with van der Waals surface area (Å²) in [5.41, 5.74) is 2.21. The molecule has 1 aromatic heterocycles. The fourth-order valence-corrected chi connectivity index (χ4v) is 5.13. The molecule has 182 valence electrons. The van der Waals surface area contributed by atoms with E-state index in [2.05, 4.69) is 11.9 Å². The Kier molecular flexibility index (Phi) is 5.95. The van der Waals surface area contributed by atoms with Crippen molar-refractivity contribution in [2.24, 2.45) is 5.92 Å². The van der Waals surface area contributed by atoms with E-state index >= 15 is 4.39 Å². The predicted octanol–water partition coefficient (Wildman–Crippen LogP) is 5.99. The number of aryl methyl sites for hydroxylation is 1. The molecule has 0 spiro atoms. The van der Waals surface area contributed by atoms with Crippen LogP contribution in [-0.2, 0) is 23.2 Å². The lowest BCUT2D eigenvalue weighted by atomic mass is 9.95. The van der Waals surface area contributed by atoms with Crippen LogP contribution in [0.5, 0.6) is 11.6 Å².